The molecule has 3 aliphatic rings. The van der Waals surface area contributed by atoms with Gasteiger partial charge in [0.05, 0.1) is 29.0 Å². The number of pyridine rings is 2. The Labute approximate surface area is 268 Å². The zero-order chi connectivity index (χ0) is 32.4. The summed E-state index contributed by atoms with van der Waals surface area (Å²) in [6.45, 7) is 7.40. The fourth-order valence-electron chi connectivity index (χ4n) is 7.16. The Bertz CT molecular complexity index is 1600. The summed E-state index contributed by atoms with van der Waals surface area (Å²) >= 11 is 0. The molecule has 46 heavy (non-hydrogen) atoms. The number of carbonyl (C=O) groups is 2. The van der Waals surface area contributed by atoms with Crippen LogP contribution in [0.25, 0.3) is 11.3 Å². The predicted octanol–water partition coefficient (Wildman–Crippen LogP) is 4.80. The topological polar surface area (TPSA) is 90.9 Å². The molecule has 3 fully saturated rings. The fraction of sp³-hybridized carbons (Fsp3) is 0.486. The first-order chi connectivity index (χ1) is 22.2. The quantitative estimate of drug-likeness (QED) is 0.363. The highest BCUT2D eigenvalue weighted by atomic mass is 19.1. The predicted molar refractivity (Wildman–Crippen MR) is 172 cm³/mol. The zero-order valence-electron chi connectivity index (χ0n) is 26.8. The molecule has 0 spiro atoms. The van der Waals surface area contributed by atoms with E-state index in [1.807, 2.05) is 43.1 Å². The number of hydrogen-bond acceptors (Lipinski definition) is 7. The van der Waals surface area contributed by atoms with Gasteiger partial charge in [0.15, 0.2) is 5.69 Å². The Morgan fingerprint density at radius 1 is 1.07 bits per heavy atom. The van der Waals surface area contributed by atoms with Crippen LogP contribution in [0.15, 0.2) is 48.7 Å². The Morgan fingerprint density at radius 3 is 2.57 bits per heavy atom. The van der Waals surface area contributed by atoms with E-state index in [0.29, 0.717) is 67.6 Å². The second-order valence-corrected chi connectivity index (χ2v) is 12.6. The summed E-state index contributed by atoms with van der Waals surface area (Å²) in [7, 11) is 2.04. The van der Waals surface area contributed by atoms with Crippen LogP contribution in [0.4, 0.5) is 14.5 Å². The minimum absolute atomic E-state index is 0.0233. The van der Waals surface area contributed by atoms with E-state index in [0.717, 1.165) is 38.4 Å². The highest BCUT2D eigenvalue weighted by Crippen LogP contribution is 2.46. The molecule has 1 N–H and O–H groups in total. The molecular formula is C35H42F2N6O3. The van der Waals surface area contributed by atoms with Crippen LogP contribution in [0.1, 0.15) is 62.0 Å². The third-order valence-electron chi connectivity index (χ3n) is 9.76. The second-order valence-electron chi connectivity index (χ2n) is 12.6. The highest BCUT2D eigenvalue weighted by molar-refractivity contribution is 5.99. The molecule has 11 heteroatoms. The molecule has 2 aromatic heterocycles. The SMILES string of the molecule is CCOc1ncccc1-c1ccc(N2CCN(C(=O)C3(c4ccc(F)cc4F)CCC3)C[C@H]2CC)c(C(=O)N[C@@H]2CCN(C)C2)n1. The van der Waals surface area contributed by atoms with Gasteiger partial charge in [-0.3, -0.25) is 9.59 Å². The average Bonchev–Trinajstić information content (AvgIpc) is 3.45. The molecule has 0 unspecified atom stereocenters. The second kappa shape index (κ2) is 13.3. The highest BCUT2D eigenvalue weighted by Gasteiger charge is 2.50. The standard InChI is InChI=1S/C35H42F2N6O3/c1-4-25-22-42(34(45)35(14-7-15-35)27-10-9-23(36)20-28(27)37)18-19-43(25)30-12-11-29(26-8-6-16-38-33(26)46-5-2)40-31(30)32(44)39-24-13-17-41(3)21-24/h6,8-12,16,20,24-25H,4-5,7,13-15,17-19,21-22H2,1-3H3,(H,39,44)/t24-,25-/m1/s1. The largest absolute Gasteiger partial charge is 0.477 e. The number of likely N-dealkylation sites (N-methyl/N-ethyl adjacent to an activating group) is 1. The Kier molecular flexibility index (Phi) is 9.22. The third kappa shape index (κ3) is 6.04. The van der Waals surface area contributed by atoms with Crippen LogP contribution < -0.4 is 15.0 Å². The number of benzene rings is 1. The lowest BCUT2D eigenvalue weighted by Gasteiger charge is -2.48. The van der Waals surface area contributed by atoms with Gasteiger partial charge in [-0.1, -0.05) is 19.4 Å². The van der Waals surface area contributed by atoms with Crippen LogP contribution in [-0.2, 0) is 10.2 Å². The Morgan fingerprint density at radius 2 is 1.89 bits per heavy atom. The molecule has 1 saturated carbocycles. The van der Waals surface area contributed by atoms with Crippen molar-refractivity contribution >= 4 is 17.5 Å². The normalized spacial score (nSPS) is 21.2. The number of carbonyl (C=O) groups excluding carboxylic acids is 2. The molecule has 0 radical (unpaired) electrons. The first-order valence-electron chi connectivity index (χ1n) is 16.3. The van der Waals surface area contributed by atoms with Gasteiger partial charge >= 0.3 is 0 Å². The number of likely N-dealkylation sites (tertiary alicyclic amines) is 1. The monoisotopic (exact) mass is 632 g/mol. The first kappa shape index (κ1) is 31.8. The number of halogens is 2. The van der Waals surface area contributed by atoms with E-state index >= 15 is 0 Å². The van der Waals surface area contributed by atoms with Crippen LogP contribution in [0.3, 0.4) is 0 Å². The van der Waals surface area contributed by atoms with E-state index < -0.39 is 17.0 Å². The van der Waals surface area contributed by atoms with Gasteiger partial charge in [-0.2, -0.15) is 0 Å². The van der Waals surface area contributed by atoms with Crippen molar-refractivity contribution in [1.29, 1.82) is 0 Å². The number of nitrogens with one attached hydrogen (secondary N) is 1. The van der Waals surface area contributed by atoms with E-state index in [-0.39, 0.29) is 29.5 Å². The molecule has 3 aromatic rings. The van der Waals surface area contributed by atoms with Crippen LogP contribution >= 0.6 is 0 Å². The van der Waals surface area contributed by atoms with Gasteiger partial charge in [0, 0.05) is 56.1 Å². The van der Waals surface area contributed by atoms with Gasteiger partial charge in [-0.25, -0.2) is 18.7 Å². The number of nitrogens with zero attached hydrogens (tertiary/aromatic N) is 5. The molecule has 9 nitrogen and oxygen atoms in total. The zero-order valence-corrected chi connectivity index (χ0v) is 26.8. The van der Waals surface area contributed by atoms with Crippen LogP contribution in [0, 0.1) is 11.6 Å². The van der Waals surface area contributed by atoms with Crippen molar-refractivity contribution in [3.8, 4) is 17.1 Å². The van der Waals surface area contributed by atoms with Gasteiger partial charge in [0.1, 0.15) is 11.6 Å². The van der Waals surface area contributed by atoms with Gasteiger partial charge in [0.2, 0.25) is 11.8 Å². The minimum Gasteiger partial charge on any atom is -0.477 e. The molecule has 1 aromatic carbocycles. The smallest absolute Gasteiger partial charge is 0.272 e. The molecular weight excluding hydrogens is 590 g/mol. The molecule has 0 bridgehead atoms. The molecule has 4 heterocycles. The van der Waals surface area contributed by atoms with Crippen LogP contribution in [-0.4, -0.2) is 90.0 Å². The Balaban J connectivity index is 1.30. The van der Waals surface area contributed by atoms with Gasteiger partial charge in [-0.15, -0.1) is 0 Å². The van der Waals surface area contributed by atoms with Gasteiger partial charge < -0.3 is 24.8 Å². The summed E-state index contributed by atoms with van der Waals surface area (Å²) in [5, 5.41) is 3.20. The number of piperazine rings is 1. The van der Waals surface area contributed by atoms with Crippen molar-refractivity contribution in [2.45, 2.75) is 63.5 Å². The van der Waals surface area contributed by atoms with Crippen molar-refractivity contribution < 1.29 is 23.1 Å². The van der Waals surface area contributed by atoms with Gasteiger partial charge in [0.25, 0.3) is 5.91 Å². The molecule has 244 valence electrons. The summed E-state index contributed by atoms with van der Waals surface area (Å²) < 4.78 is 34.4. The number of rotatable bonds is 9. The molecule has 1 aliphatic carbocycles. The average molecular weight is 633 g/mol. The van der Waals surface area contributed by atoms with Crippen LogP contribution in [0.5, 0.6) is 5.88 Å². The first-order valence-corrected chi connectivity index (χ1v) is 16.3. The molecule has 2 atom stereocenters. The fourth-order valence-corrected chi connectivity index (χ4v) is 7.16. The van der Waals surface area contributed by atoms with E-state index in [9.17, 15) is 18.4 Å². The summed E-state index contributed by atoms with van der Waals surface area (Å²) in [5.74, 6) is -1.23. The summed E-state index contributed by atoms with van der Waals surface area (Å²) in [6, 6.07) is 11.0. The maximum atomic E-state index is 15.0. The summed E-state index contributed by atoms with van der Waals surface area (Å²) in [5.41, 5.74) is 1.62. The summed E-state index contributed by atoms with van der Waals surface area (Å²) in [6.07, 6.45) is 5.13. The lowest BCUT2D eigenvalue weighted by atomic mass is 9.63. The molecule has 6 rings (SSSR count). The number of amides is 2. The number of anilines is 1. The van der Waals surface area contributed by atoms with Crippen molar-refractivity contribution in [3.05, 3.63) is 71.6 Å². The van der Waals surface area contributed by atoms with Gasteiger partial charge in [-0.05, 0) is 76.5 Å². The lowest BCUT2D eigenvalue weighted by molar-refractivity contribution is -0.142. The van der Waals surface area contributed by atoms with E-state index in [1.54, 1.807) is 6.20 Å². The molecule has 2 amide bonds. The minimum atomic E-state index is -0.969. The summed E-state index contributed by atoms with van der Waals surface area (Å²) in [4.78, 5) is 43.5. The molecule has 2 saturated heterocycles. The number of ether oxygens (including phenoxy) is 1. The van der Waals surface area contributed by atoms with E-state index in [4.69, 9.17) is 9.72 Å². The Hall–Kier alpha value is -4.12. The van der Waals surface area contributed by atoms with Crippen molar-refractivity contribution in [2.24, 2.45) is 0 Å². The van der Waals surface area contributed by atoms with E-state index in [1.165, 1.54) is 12.1 Å². The van der Waals surface area contributed by atoms with Crippen molar-refractivity contribution in [1.82, 2.24) is 25.1 Å². The maximum absolute atomic E-state index is 15.0. The number of hydrogen-bond donors (Lipinski definition) is 1. The van der Waals surface area contributed by atoms with Crippen molar-refractivity contribution in [2.75, 3.05) is 51.3 Å². The number of aromatic nitrogens is 2. The maximum Gasteiger partial charge on any atom is 0.272 e. The lowest BCUT2D eigenvalue weighted by Crippen LogP contribution is -2.60. The van der Waals surface area contributed by atoms with Crippen molar-refractivity contribution in [3.63, 3.8) is 0 Å². The van der Waals surface area contributed by atoms with Crippen LogP contribution in [0.2, 0.25) is 0 Å². The third-order valence-corrected chi connectivity index (χ3v) is 9.76. The molecule has 2 aliphatic heterocycles. The van der Waals surface area contributed by atoms with E-state index in [2.05, 4.69) is 27.0 Å².